The molecule has 4 aliphatic heterocycles. The molecule has 1 aromatic rings. The molecule has 2 bridgehead atoms. The summed E-state index contributed by atoms with van der Waals surface area (Å²) in [5.74, 6) is 1.09. The Bertz CT molecular complexity index is 1440. The molecule has 2 unspecified atom stereocenters. The van der Waals surface area contributed by atoms with Crippen molar-refractivity contribution in [1.82, 2.24) is 20.0 Å². The van der Waals surface area contributed by atoms with E-state index in [2.05, 4.69) is 38.2 Å². The van der Waals surface area contributed by atoms with Gasteiger partial charge >= 0.3 is 19.2 Å². The molecule has 7 aliphatic rings. The van der Waals surface area contributed by atoms with Crippen LogP contribution in [-0.2, 0) is 31.9 Å². The summed E-state index contributed by atoms with van der Waals surface area (Å²) in [6.45, 7) is 8.32. The predicted molar refractivity (Wildman–Crippen MR) is 178 cm³/mol. The van der Waals surface area contributed by atoms with Gasteiger partial charge in [0, 0.05) is 33.1 Å². The summed E-state index contributed by atoms with van der Waals surface area (Å²) in [7, 11) is 1.14. The maximum atomic E-state index is 14.2. The number of rotatable bonds is 2. The van der Waals surface area contributed by atoms with Crippen LogP contribution in [0.3, 0.4) is 0 Å². The average molecular weight is 645 g/mol. The van der Waals surface area contributed by atoms with Gasteiger partial charge in [0.05, 0.1) is 12.5 Å². The van der Waals surface area contributed by atoms with E-state index in [1.165, 1.54) is 0 Å². The number of hydrogen-bond donors (Lipinski definition) is 1. The quantitative estimate of drug-likeness (QED) is 0.341. The van der Waals surface area contributed by atoms with E-state index in [-0.39, 0.29) is 36.3 Å². The molecule has 3 aliphatic carbocycles. The molecular weight excluding hydrogens is 595 g/mol. The first kappa shape index (κ1) is 32.1. The number of amides is 4. The van der Waals surface area contributed by atoms with Gasteiger partial charge in [0.15, 0.2) is 0 Å². The molecule has 0 aromatic heterocycles. The van der Waals surface area contributed by atoms with E-state index in [0.29, 0.717) is 37.9 Å². The zero-order valence-corrected chi connectivity index (χ0v) is 28.3. The zero-order chi connectivity index (χ0) is 32.9. The maximum Gasteiger partial charge on any atom is 0.549 e. The average Bonchev–Trinajstić information content (AvgIpc) is 3.76. The first-order chi connectivity index (χ1) is 22.5. The summed E-state index contributed by atoms with van der Waals surface area (Å²) < 4.78 is 19.3. The van der Waals surface area contributed by atoms with Crippen molar-refractivity contribution in [1.29, 1.82) is 0 Å². The molecule has 0 spiro atoms. The van der Waals surface area contributed by atoms with Crippen LogP contribution in [0, 0.1) is 17.3 Å². The number of likely N-dealkylation sites (N-methyl/N-ethyl adjacent to an activating group) is 1. The number of allylic oxidation sites excluding steroid dienone is 2. The van der Waals surface area contributed by atoms with Gasteiger partial charge in [0.25, 0.3) is 0 Å². The Morgan fingerprint density at radius 1 is 1.02 bits per heavy atom. The number of urea groups is 1. The Balaban J connectivity index is 1.09. The van der Waals surface area contributed by atoms with E-state index in [9.17, 15) is 14.4 Å². The smallest absolute Gasteiger partial charge is 0.536 e. The van der Waals surface area contributed by atoms with Gasteiger partial charge in [-0.15, -0.1) is 0 Å². The molecular formula is C36H49BN4O6. The molecule has 2 saturated heterocycles. The SMILES string of the molecule is CN1C/C=C/CCCCCC[C@@H](B2OC3=CC4C[C@H](C4(C)C)[C@@]3(C)O2)NC(=O)C2C[C@@H](OC(=O)N3Cc4ccccc4C3)CN2C1=O. The summed E-state index contributed by atoms with van der Waals surface area (Å²) >= 11 is 0. The summed E-state index contributed by atoms with van der Waals surface area (Å²) in [6, 6.07) is 6.93. The molecule has 47 heavy (non-hydrogen) atoms. The van der Waals surface area contributed by atoms with Crippen LogP contribution in [0.2, 0.25) is 0 Å². The van der Waals surface area contributed by atoms with Crippen molar-refractivity contribution in [2.24, 2.45) is 17.3 Å². The third kappa shape index (κ3) is 5.93. The minimum absolute atomic E-state index is 0.149. The van der Waals surface area contributed by atoms with Crippen molar-refractivity contribution < 1.29 is 28.4 Å². The van der Waals surface area contributed by atoms with Gasteiger partial charge in [-0.2, -0.15) is 0 Å². The standard InChI is InChI=1S/C36H49BN4O6/c1-35(2)26-18-29(35)36(3)30(19-26)46-37(47-36)31-16-10-8-6-5-7-9-13-17-39(4)33(43)41-23-27(20-28(41)32(42)38-31)45-34(44)40-21-24-14-11-12-15-25(24)22-40/h9,11-15,19,26-29,31H,5-8,10,16-18,20-23H2,1-4H3,(H,38,42)/b13-9+/t26?,27-,28?,29-,31+,36-/m1/s1. The van der Waals surface area contributed by atoms with Gasteiger partial charge in [0.2, 0.25) is 5.91 Å². The monoisotopic (exact) mass is 644 g/mol. The highest BCUT2D eigenvalue weighted by Crippen LogP contribution is 2.64. The van der Waals surface area contributed by atoms with Crippen LogP contribution in [0.1, 0.15) is 83.3 Å². The van der Waals surface area contributed by atoms with E-state index >= 15 is 0 Å². The van der Waals surface area contributed by atoms with E-state index in [0.717, 1.165) is 55.4 Å². The number of nitrogens with one attached hydrogen (secondary N) is 1. The van der Waals surface area contributed by atoms with Crippen LogP contribution in [0.15, 0.2) is 48.3 Å². The highest BCUT2D eigenvalue weighted by atomic mass is 16.7. The molecule has 1 aromatic carbocycles. The molecule has 8 rings (SSSR count). The summed E-state index contributed by atoms with van der Waals surface area (Å²) in [5, 5.41) is 3.27. The zero-order valence-electron chi connectivity index (χ0n) is 28.3. The van der Waals surface area contributed by atoms with Crippen molar-refractivity contribution in [3.05, 3.63) is 59.4 Å². The lowest BCUT2D eigenvalue weighted by molar-refractivity contribution is -0.125. The number of carbonyl (C=O) groups is 3. The third-order valence-electron chi connectivity index (χ3n) is 11.8. The van der Waals surface area contributed by atoms with Crippen LogP contribution in [0.5, 0.6) is 0 Å². The second kappa shape index (κ2) is 12.5. The summed E-state index contributed by atoms with van der Waals surface area (Å²) in [4.78, 5) is 46.1. The van der Waals surface area contributed by atoms with Gasteiger partial charge in [-0.3, -0.25) is 9.69 Å². The first-order valence-electron chi connectivity index (χ1n) is 17.6. The van der Waals surface area contributed by atoms with E-state index in [1.807, 2.05) is 30.3 Å². The van der Waals surface area contributed by atoms with E-state index in [1.54, 1.807) is 21.7 Å². The van der Waals surface area contributed by atoms with Crippen LogP contribution in [0.25, 0.3) is 0 Å². The maximum absolute atomic E-state index is 14.2. The molecule has 10 nitrogen and oxygen atoms in total. The van der Waals surface area contributed by atoms with Gasteiger partial charge in [-0.25, -0.2) is 9.59 Å². The molecule has 1 N–H and O–H groups in total. The summed E-state index contributed by atoms with van der Waals surface area (Å²) in [5.41, 5.74) is 1.85. The number of nitrogens with zero attached hydrogens (tertiary/aromatic N) is 3. The Morgan fingerprint density at radius 3 is 2.51 bits per heavy atom. The molecule has 11 heteroatoms. The van der Waals surface area contributed by atoms with Crippen LogP contribution < -0.4 is 5.32 Å². The third-order valence-corrected chi connectivity index (χ3v) is 11.8. The highest BCUT2D eigenvalue weighted by molar-refractivity contribution is 6.48. The Labute approximate surface area is 279 Å². The van der Waals surface area contributed by atoms with Crippen molar-refractivity contribution in [3.63, 3.8) is 0 Å². The normalized spacial score (nSPS) is 34.4. The highest BCUT2D eigenvalue weighted by Gasteiger charge is 2.66. The van der Waals surface area contributed by atoms with Gasteiger partial charge in [-0.05, 0) is 67.1 Å². The Kier molecular flexibility index (Phi) is 8.56. The number of carbonyl (C=O) groups excluding carboxylic acids is 3. The second-order valence-corrected chi connectivity index (χ2v) is 15.2. The lowest BCUT2D eigenvalue weighted by Crippen LogP contribution is -2.60. The molecule has 6 atom stereocenters. The molecule has 3 fully saturated rings. The van der Waals surface area contributed by atoms with Crippen molar-refractivity contribution in [2.45, 2.75) is 109 Å². The van der Waals surface area contributed by atoms with E-state index in [4.69, 9.17) is 14.0 Å². The molecule has 252 valence electrons. The minimum atomic E-state index is -0.789. The molecule has 4 heterocycles. The van der Waals surface area contributed by atoms with Gasteiger partial charge < -0.3 is 29.2 Å². The largest absolute Gasteiger partial charge is 0.549 e. The number of ether oxygens (including phenoxy) is 1. The van der Waals surface area contributed by atoms with Gasteiger partial charge in [0.1, 0.15) is 23.5 Å². The first-order valence-corrected chi connectivity index (χ1v) is 17.6. The number of benzene rings is 1. The molecule has 0 radical (unpaired) electrons. The molecule has 4 amide bonds. The fourth-order valence-corrected chi connectivity index (χ4v) is 8.75. The molecule has 1 saturated carbocycles. The predicted octanol–water partition coefficient (Wildman–Crippen LogP) is 5.42. The van der Waals surface area contributed by atoms with Crippen LogP contribution in [-0.4, -0.2) is 83.7 Å². The van der Waals surface area contributed by atoms with Crippen molar-refractivity contribution in [2.75, 3.05) is 20.1 Å². The Morgan fingerprint density at radius 2 is 1.77 bits per heavy atom. The van der Waals surface area contributed by atoms with Crippen molar-refractivity contribution >= 4 is 25.1 Å². The number of fused-ring (bicyclic) bond motifs is 2. The van der Waals surface area contributed by atoms with Crippen molar-refractivity contribution in [3.8, 4) is 0 Å². The summed E-state index contributed by atoms with van der Waals surface area (Å²) in [6.07, 6.45) is 12.5. The van der Waals surface area contributed by atoms with Gasteiger partial charge in [-0.1, -0.05) is 69.5 Å². The van der Waals surface area contributed by atoms with Crippen LogP contribution in [0.4, 0.5) is 9.59 Å². The Hall–Kier alpha value is -3.47. The second-order valence-electron chi connectivity index (χ2n) is 15.2. The van der Waals surface area contributed by atoms with E-state index < -0.39 is 31.0 Å². The minimum Gasteiger partial charge on any atom is -0.536 e. The fraction of sp³-hybridized carbons (Fsp3) is 0.639. The van der Waals surface area contributed by atoms with Crippen LogP contribution >= 0.6 is 0 Å². The fourth-order valence-electron chi connectivity index (χ4n) is 8.75. The lowest BCUT2D eigenvalue weighted by Gasteiger charge is -2.60. The number of hydrogen-bond acceptors (Lipinski definition) is 6. The topological polar surface area (TPSA) is 101 Å². The lowest BCUT2D eigenvalue weighted by atomic mass is 9.46.